The van der Waals surface area contributed by atoms with E-state index in [2.05, 4.69) is 25.5 Å². The Hall–Kier alpha value is -5.76. The Morgan fingerprint density at radius 3 is 2.48 bits per heavy atom. The molecule has 2 aliphatic heterocycles. The van der Waals surface area contributed by atoms with Gasteiger partial charge in [-0.25, -0.2) is 9.97 Å². The molecule has 8 rings (SSSR count). The molecule has 3 fully saturated rings. The molecule has 4 atom stereocenters. The Kier molecular flexibility index (Phi) is 12.9. The highest BCUT2D eigenvalue weighted by atomic mass is 19.4. The molecule has 0 spiro atoms. The summed E-state index contributed by atoms with van der Waals surface area (Å²) in [6, 6.07) is 11.2. The number of nitrogens with two attached hydrogens (primary N) is 1. The average molecular weight is 907 g/mol. The topological polar surface area (TPSA) is 213 Å². The van der Waals surface area contributed by atoms with Gasteiger partial charge in [0, 0.05) is 54.6 Å². The Balaban J connectivity index is 0.843. The van der Waals surface area contributed by atoms with Crippen LogP contribution in [-0.4, -0.2) is 111 Å². The zero-order chi connectivity index (χ0) is 46.4. The van der Waals surface area contributed by atoms with Gasteiger partial charge >= 0.3 is 6.18 Å². The van der Waals surface area contributed by atoms with E-state index in [1.54, 1.807) is 44.0 Å². The molecule has 4 heterocycles. The molecular formula is C46H57F3N8O8. The van der Waals surface area contributed by atoms with Crippen molar-refractivity contribution in [2.75, 3.05) is 63.0 Å². The molecule has 3 aliphatic rings. The summed E-state index contributed by atoms with van der Waals surface area (Å²) in [6.45, 7) is 5.78. The van der Waals surface area contributed by atoms with Gasteiger partial charge in [0.05, 0.1) is 67.1 Å². The quantitative estimate of drug-likeness (QED) is 0.0572. The van der Waals surface area contributed by atoms with Gasteiger partial charge in [0.15, 0.2) is 11.5 Å². The van der Waals surface area contributed by atoms with Crippen LogP contribution in [0.5, 0.6) is 23.3 Å². The molecule has 1 amide bonds. The first-order valence-corrected chi connectivity index (χ1v) is 21.9. The second-order valence-electron chi connectivity index (χ2n) is 17.7. The maximum Gasteiger partial charge on any atom is 0.416 e. The first kappa shape index (κ1) is 45.8. The van der Waals surface area contributed by atoms with Crippen LogP contribution in [0.4, 0.5) is 30.4 Å². The number of piperidine rings is 2. The van der Waals surface area contributed by atoms with Crippen LogP contribution in [-0.2, 0) is 15.7 Å². The second-order valence-corrected chi connectivity index (χ2v) is 17.7. The van der Waals surface area contributed by atoms with Gasteiger partial charge < -0.3 is 55.5 Å². The van der Waals surface area contributed by atoms with Crippen molar-refractivity contribution in [3.63, 3.8) is 0 Å². The van der Waals surface area contributed by atoms with Gasteiger partial charge in [-0.3, -0.25) is 14.7 Å². The monoisotopic (exact) mass is 906 g/mol. The maximum atomic E-state index is 13.6. The number of hydrogen-bond acceptors (Lipinski definition) is 14. The number of hydrogen-bond donors (Lipinski definition) is 7. The molecule has 16 nitrogen and oxygen atoms in total. The minimum atomic E-state index is -4.55. The number of carbonyl (C=O) groups is 1. The summed E-state index contributed by atoms with van der Waals surface area (Å²) in [6.07, 6.45) is -2.57. The number of alkyl halides is 3. The van der Waals surface area contributed by atoms with E-state index in [9.17, 15) is 38.4 Å². The third-order valence-electron chi connectivity index (χ3n) is 13.0. The van der Waals surface area contributed by atoms with Crippen molar-refractivity contribution >= 4 is 44.8 Å². The fourth-order valence-corrected chi connectivity index (χ4v) is 9.17. The van der Waals surface area contributed by atoms with Crippen molar-refractivity contribution in [2.45, 2.75) is 95.6 Å². The number of anilines is 3. The van der Waals surface area contributed by atoms with Crippen LogP contribution in [0.3, 0.4) is 0 Å². The molecule has 0 radical (unpaired) electrons. The number of aliphatic hydroxyl groups excluding tert-OH is 2. The summed E-state index contributed by atoms with van der Waals surface area (Å²) in [5.74, 6) is 1.42. The van der Waals surface area contributed by atoms with Crippen LogP contribution in [0.2, 0.25) is 0 Å². The highest BCUT2D eigenvalue weighted by Gasteiger charge is 2.45. The first-order valence-electron chi connectivity index (χ1n) is 21.9. The van der Waals surface area contributed by atoms with Crippen molar-refractivity contribution in [3.8, 4) is 23.3 Å². The van der Waals surface area contributed by atoms with Crippen LogP contribution in [0, 0.1) is 12.3 Å². The van der Waals surface area contributed by atoms with E-state index in [0.717, 1.165) is 30.7 Å². The Morgan fingerprint density at radius 1 is 1.03 bits per heavy atom. The predicted octanol–water partition coefficient (Wildman–Crippen LogP) is 6.34. The lowest BCUT2D eigenvalue weighted by Crippen LogP contribution is -2.47. The molecule has 1 aliphatic carbocycles. The maximum absolute atomic E-state index is 13.6. The van der Waals surface area contributed by atoms with E-state index < -0.39 is 36.3 Å². The summed E-state index contributed by atoms with van der Waals surface area (Å²) in [4.78, 5) is 26.4. The summed E-state index contributed by atoms with van der Waals surface area (Å²) >= 11 is 0. The van der Waals surface area contributed by atoms with Gasteiger partial charge in [-0.05, 0) is 94.3 Å². The van der Waals surface area contributed by atoms with E-state index in [0.29, 0.717) is 102 Å². The van der Waals surface area contributed by atoms with Crippen molar-refractivity contribution < 1.29 is 52.6 Å². The van der Waals surface area contributed by atoms with Crippen LogP contribution in [0.15, 0.2) is 48.5 Å². The van der Waals surface area contributed by atoms with Crippen LogP contribution in [0.25, 0.3) is 21.7 Å². The summed E-state index contributed by atoms with van der Waals surface area (Å²) < 4.78 is 60.3. The van der Waals surface area contributed by atoms with Crippen molar-refractivity contribution in [1.82, 2.24) is 24.8 Å². The molecular weight excluding hydrogens is 850 g/mol. The minimum Gasteiger partial charge on any atom is -0.494 e. The number of amides is 1. The van der Waals surface area contributed by atoms with E-state index in [4.69, 9.17) is 19.9 Å². The zero-order valence-corrected chi connectivity index (χ0v) is 36.9. The molecule has 2 aromatic heterocycles. The fraction of sp³-hybridized carbons (Fsp3) is 0.500. The number of rotatable bonds is 15. The van der Waals surface area contributed by atoms with E-state index in [1.165, 1.54) is 17.7 Å². The molecule has 65 heavy (non-hydrogen) atoms. The number of aliphatic hydroxyl groups is 2. The summed E-state index contributed by atoms with van der Waals surface area (Å²) in [5.41, 5.74) is 6.42. The Bertz CT molecular complexity index is 2540. The number of fused-ring (bicyclic) bond motifs is 2. The third-order valence-corrected chi connectivity index (χ3v) is 13.0. The number of halogens is 3. The number of aromatic nitrogens is 3. The normalized spacial score (nSPS) is 20.5. The smallest absolute Gasteiger partial charge is 0.416 e. The van der Waals surface area contributed by atoms with Crippen LogP contribution >= 0.6 is 0 Å². The van der Waals surface area contributed by atoms with Gasteiger partial charge in [-0.1, -0.05) is 6.07 Å². The van der Waals surface area contributed by atoms with E-state index >= 15 is 0 Å². The number of nitrogen functional groups attached to an aromatic ring is 1. The van der Waals surface area contributed by atoms with Gasteiger partial charge in [0.2, 0.25) is 17.7 Å². The second kappa shape index (κ2) is 18.3. The highest BCUT2D eigenvalue weighted by molar-refractivity contribution is 6.02. The molecule has 5 aromatic rings. The zero-order valence-electron chi connectivity index (χ0n) is 36.9. The van der Waals surface area contributed by atoms with Crippen LogP contribution < -0.4 is 30.7 Å². The SMILES string of the molecule is COc1cc2nc(C)nc(N[C@H](C)c3cc(N)cc(C(F)(F)F)c3)c2cc1OCC1(CN(C)C(=O)CCOC2CCN(c3cccc4c(O)n(C5CCC(O)NC5O)c(O)c34)CC2)CC1. The molecule has 3 aromatic carbocycles. The molecule has 3 unspecified atom stereocenters. The highest BCUT2D eigenvalue weighted by Crippen LogP contribution is 2.48. The summed E-state index contributed by atoms with van der Waals surface area (Å²) in [7, 11) is 3.31. The first-order chi connectivity index (χ1) is 30.9. The molecule has 8 N–H and O–H groups in total. The third kappa shape index (κ3) is 9.78. The number of methoxy groups -OCH3 is 1. The number of nitrogens with one attached hydrogen (secondary N) is 2. The number of benzene rings is 3. The number of aryl methyl sites for hydroxylation is 1. The predicted molar refractivity (Wildman–Crippen MR) is 238 cm³/mol. The molecule has 350 valence electrons. The molecule has 0 bridgehead atoms. The van der Waals surface area contributed by atoms with E-state index in [-0.39, 0.29) is 47.9 Å². The van der Waals surface area contributed by atoms with Crippen molar-refractivity contribution in [3.05, 3.63) is 65.5 Å². The fourth-order valence-electron chi connectivity index (χ4n) is 9.17. The largest absolute Gasteiger partial charge is 0.494 e. The van der Waals surface area contributed by atoms with Crippen LogP contribution in [0.1, 0.15) is 80.9 Å². The van der Waals surface area contributed by atoms with Crippen molar-refractivity contribution in [1.29, 1.82) is 0 Å². The molecule has 1 saturated carbocycles. The number of ether oxygens (including phenoxy) is 3. The van der Waals surface area contributed by atoms with Gasteiger partial charge in [-0.15, -0.1) is 0 Å². The number of carbonyl (C=O) groups excluding carboxylic acids is 1. The van der Waals surface area contributed by atoms with E-state index in [1.807, 2.05) is 12.1 Å². The van der Waals surface area contributed by atoms with Gasteiger partial charge in [-0.2, -0.15) is 13.2 Å². The molecule has 19 heteroatoms. The lowest BCUT2D eigenvalue weighted by molar-refractivity contribution is -0.137. The van der Waals surface area contributed by atoms with Gasteiger partial charge in [0.25, 0.3) is 0 Å². The average Bonchev–Trinajstić information content (AvgIpc) is 3.98. The Morgan fingerprint density at radius 2 is 1.78 bits per heavy atom. The number of aromatic hydroxyl groups is 2. The standard InChI is InChI=1S/C46H57F3N8O8/c1-25(27-18-28(46(47,48)49)20-29(50)19-27)51-41-32-21-37(36(63-4)22-33(32)52-26(2)53-41)65-24-45(13-14-45)23-55(3)39(59)12-17-64-30-10-15-56(16-11-30)34-7-5-6-31-40(34)44(62)57(43(31)61)35-8-9-38(58)54-42(35)60/h5-7,18-22,25,30,35,38,42,54,58,60-62H,8-17,23-24,50H2,1-4H3,(H,51,52,53)/t25-,35?,38?,42?/m1/s1. The summed E-state index contributed by atoms with van der Waals surface area (Å²) in [5, 5.41) is 50.4. The van der Waals surface area contributed by atoms with Gasteiger partial charge in [0.1, 0.15) is 24.1 Å². The number of nitrogens with zero attached hydrogens (tertiary/aromatic N) is 5. The lowest BCUT2D eigenvalue weighted by atomic mass is 10.0. The Labute approximate surface area is 374 Å². The lowest BCUT2D eigenvalue weighted by Gasteiger charge is -2.34. The minimum absolute atomic E-state index is 0.000297. The van der Waals surface area contributed by atoms with Crippen molar-refractivity contribution in [2.24, 2.45) is 5.41 Å². The molecule has 2 saturated heterocycles.